The van der Waals surface area contributed by atoms with E-state index in [1.54, 1.807) is 13.1 Å². The molecule has 88 valence electrons. The largest absolute Gasteiger partial charge is 0.466 e. The minimum absolute atomic E-state index is 0.199. The Morgan fingerprint density at radius 1 is 1.41 bits per heavy atom. The highest BCUT2D eigenvalue weighted by Crippen LogP contribution is 2.19. The molecule has 0 radical (unpaired) electrons. The Morgan fingerprint density at radius 3 is 3.00 bits per heavy atom. The molecule has 2 rings (SSSR count). The summed E-state index contributed by atoms with van der Waals surface area (Å²) >= 11 is 3.38. The SMILES string of the molecule is CCOC(=O)Cc1ccc2ncc(Br)cc2c1. The maximum absolute atomic E-state index is 11.4. The zero-order chi connectivity index (χ0) is 12.3. The number of benzene rings is 1. The fraction of sp³-hybridized carbons (Fsp3) is 0.231. The Labute approximate surface area is 108 Å². The van der Waals surface area contributed by atoms with Gasteiger partial charge in [0.25, 0.3) is 0 Å². The summed E-state index contributed by atoms with van der Waals surface area (Å²) in [6.45, 7) is 2.22. The maximum atomic E-state index is 11.4. The first kappa shape index (κ1) is 12.0. The first-order chi connectivity index (χ1) is 8.19. The van der Waals surface area contributed by atoms with Gasteiger partial charge in [0.15, 0.2) is 0 Å². The van der Waals surface area contributed by atoms with Crippen molar-refractivity contribution in [1.82, 2.24) is 4.98 Å². The van der Waals surface area contributed by atoms with Gasteiger partial charge in [-0.25, -0.2) is 0 Å². The minimum atomic E-state index is -0.199. The molecule has 0 saturated carbocycles. The zero-order valence-corrected chi connectivity index (χ0v) is 11.0. The van der Waals surface area contributed by atoms with Crippen molar-refractivity contribution < 1.29 is 9.53 Å². The van der Waals surface area contributed by atoms with Crippen LogP contribution in [0.3, 0.4) is 0 Å². The fourth-order valence-corrected chi connectivity index (χ4v) is 1.99. The van der Waals surface area contributed by atoms with Gasteiger partial charge in [-0.05, 0) is 46.6 Å². The van der Waals surface area contributed by atoms with Crippen LogP contribution in [0, 0.1) is 0 Å². The lowest BCUT2D eigenvalue weighted by Crippen LogP contribution is -2.07. The lowest BCUT2D eigenvalue weighted by atomic mass is 10.1. The number of hydrogen-bond acceptors (Lipinski definition) is 3. The molecule has 4 heteroatoms. The molecule has 0 aliphatic rings. The van der Waals surface area contributed by atoms with Crippen LogP contribution in [0.1, 0.15) is 12.5 Å². The first-order valence-corrected chi connectivity index (χ1v) is 6.18. The summed E-state index contributed by atoms with van der Waals surface area (Å²) in [5.74, 6) is -0.199. The van der Waals surface area contributed by atoms with Gasteiger partial charge in [0.05, 0.1) is 18.5 Å². The zero-order valence-electron chi connectivity index (χ0n) is 9.44. The topological polar surface area (TPSA) is 39.2 Å². The second-order valence-electron chi connectivity index (χ2n) is 3.66. The summed E-state index contributed by atoms with van der Waals surface area (Å²) in [7, 11) is 0. The molecule has 1 heterocycles. The van der Waals surface area contributed by atoms with Crippen LogP contribution in [0.15, 0.2) is 34.9 Å². The lowest BCUT2D eigenvalue weighted by molar-refractivity contribution is -0.142. The number of hydrogen-bond donors (Lipinski definition) is 0. The van der Waals surface area contributed by atoms with Crippen molar-refractivity contribution in [1.29, 1.82) is 0 Å². The highest BCUT2D eigenvalue weighted by atomic mass is 79.9. The first-order valence-electron chi connectivity index (χ1n) is 5.39. The molecule has 0 N–H and O–H groups in total. The summed E-state index contributed by atoms with van der Waals surface area (Å²) in [6, 6.07) is 7.76. The van der Waals surface area contributed by atoms with Crippen LogP contribution >= 0.6 is 15.9 Å². The van der Waals surface area contributed by atoms with Crippen LogP contribution in [-0.2, 0) is 16.0 Å². The van der Waals surface area contributed by atoms with E-state index >= 15 is 0 Å². The molecule has 2 aromatic rings. The number of aromatic nitrogens is 1. The van der Waals surface area contributed by atoms with Crippen molar-refractivity contribution in [2.75, 3.05) is 6.61 Å². The normalized spacial score (nSPS) is 10.5. The van der Waals surface area contributed by atoms with Crippen molar-refractivity contribution in [3.8, 4) is 0 Å². The molecule has 0 spiro atoms. The van der Waals surface area contributed by atoms with Gasteiger partial charge in [0.2, 0.25) is 0 Å². The molecule has 0 atom stereocenters. The molecule has 3 nitrogen and oxygen atoms in total. The molecular formula is C13H12BrNO2. The number of nitrogens with zero attached hydrogens (tertiary/aromatic N) is 1. The number of carbonyl (C=O) groups is 1. The Bertz CT molecular complexity index is 554. The highest BCUT2D eigenvalue weighted by molar-refractivity contribution is 9.10. The van der Waals surface area contributed by atoms with Gasteiger partial charge in [-0.2, -0.15) is 0 Å². The van der Waals surface area contributed by atoms with E-state index in [4.69, 9.17) is 4.74 Å². The molecule has 0 bridgehead atoms. The molecule has 0 aliphatic heterocycles. The number of rotatable bonds is 3. The van der Waals surface area contributed by atoms with Crippen LogP contribution in [0.2, 0.25) is 0 Å². The average Bonchev–Trinajstić information content (AvgIpc) is 2.28. The number of fused-ring (bicyclic) bond motifs is 1. The van der Waals surface area contributed by atoms with Gasteiger partial charge in [0.1, 0.15) is 0 Å². The summed E-state index contributed by atoms with van der Waals surface area (Å²) in [5.41, 5.74) is 1.86. The second kappa shape index (κ2) is 5.27. The molecular weight excluding hydrogens is 282 g/mol. The fourth-order valence-electron chi connectivity index (χ4n) is 1.64. The molecule has 1 aromatic heterocycles. The van der Waals surface area contributed by atoms with Crippen LogP contribution in [0.25, 0.3) is 10.9 Å². The maximum Gasteiger partial charge on any atom is 0.310 e. The minimum Gasteiger partial charge on any atom is -0.466 e. The quantitative estimate of drug-likeness (QED) is 0.817. The number of esters is 1. The van der Waals surface area contributed by atoms with E-state index in [0.29, 0.717) is 13.0 Å². The van der Waals surface area contributed by atoms with Gasteiger partial charge in [-0.1, -0.05) is 6.07 Å². The van der Waals surface area contributed by atoms with Gasteiger partial charge in [-0.15, -0.1) is 0 Å². The van der Waals surface area contributed by atoms with Crippen molar-refractivity contribution in [2.24, 2.45) is 0 Å². The summed E-state index contributed by atoms with van der Waals surface area (Å²) in [4.78, 5) is 15.6. The smallest absolute Gasteiger partial charge is 0.310 e. The van der Waals surface area contributed by atoms with Crippen LogP contribution < -0.4 is 0 Å². The number of ether oxygens (including phenoxy) is 1. The lowest BCUT2D eigenvalue weighted by Gasteiger charge is -2.04. The second-order valence-corrected chi connectivity index (χ2v) is 4.58. The van der Waals surface area contributed by atoms with E-state index in [1.807, 2.05) is 24.3 Å². The number of halogens is 1. The summed E-state index contributed by atoms with van der Waals surface area (Å²) < 4.78 is 5.85. The Kier molecular flexibility index (Phi) is 3.74. The summed E-state index contributed by atoms with van der Waals surface area (Å²) in [5, 5.41) is 1.01. The van der Waals surface area contributed by atoms with Gasteiger partial charge in [-0.3, -0.25) is 9.78 Å². The van der Waals surface area contributed by atoms with Crippen molar-refractivity contribution in [3.63, 3.8) is 0 Å². The molecule has 0 saturated heterocycles. The molecule has 0 unspecified atom stereocenters. The third-order valence-electron chi connectivity index (χ3n) is 2.37. The van der Waals surface area contributed by atoms with Crippen molar-refractivity contribution in [3.05, 3.63) is 40.5 Å². The van der Waals surface area contributed by atoms with Gasteiger partial charge in [0, 0.05) is 16.1 Å². The Morgan fingerprint density at radius 2 is 2.24 bits per heavy atom. The van der Waals surface area contributed by atoms with Crippen LogP contribution in [-0.4, -0.2) is 17.6 Å². The monoisotopic (exact) mass is 293 g/mol. The molecule has 0 fully saturated rings. The molecule has 17 heavy (non-hydrogen) atoms. The van der Waals surface area contributed by atoms with Crippen molar-refractivity contribution in [2.45, 2.75) is 13.3 Å². The number of pyridine rings is 1. The predicted octanol–water partition coefficient (Wildman–Crippen LogP) is 3.10. The van der Waals surface area contributed by atoms with E-state index in [0.717, 1.165) is 20.9 Å². The van der Waals surface area contributed by atoms with E-state index in [-0.39, 0.29) is 5.97 Å². The van der Waals surface area contributed by atoms with Gasteiger partial charge < -0.3 is 4.74 Å². The standard InChI is InChI=1S/C13H12BrNO2/c1-2-17-13(16)6-9-3-4-12-10(5-9)7-11(14)8-15-12/h3-5,7-8H,2,6H2,1H3. The third kappa shape index (κ3) is 3.03. The number of carbonyl (C=O) groups excluding carboxylic acids is 1. The van der Waals surface area contributed by atoms with E-state index in [9.17, 15) is 4.79 Å². The molecule has 0 amide bonds. The van der Waals surface area contributed by atoms with Crippen molar-refractivity contribution >= 4 is 32.8 Å². The Hall–Kier alpha value is -1.42. The van der Waals surface area contributed by atoms with Crippen LogP contribution in [0.4, 0.5) is 0 Å². The van der Waals surface area contributed by atoms with E-state index in [1.165, 1.54) is 0 Å². The van der Waals surface area contributed by atoms with E-state index < -0.39 is 0 Å². The van der Waals surface area contributed by atoms with Gasteiger partial charge >= 0.3 is 5.97 Å². The van der Waals surface area contributed by atoms with Crippen LogP contribution in [0.5, 0.6) is 0 Å². The van der Waals surface area contributed by atoms with E-state index in [2.05, 4.69) is 20.9 Å². The summed E-state index contributed by atoms with van der Waals surface area (Å²) in [6.07, 6.45) is 2.06. The average molecular weight is 294 g/mol. The Balaban J connectivity index is 2.27. The predicted molar refractivity (Wildman–Crippen MR) is 69.8 cm³/mol. The molecule has 1 aromatic carbocycles. The third-order valence-corrected chi connectivity index (χ3v) is 2.80. The molecule has 0 aliphatic carbocycles. The highest BCUT2D eigenvalue weighted by Gasteiger charge is 2.05.